The molecule has 9 nitrogen and oxygen atoms in total. The smallest absolute Gasteiger partial charge is 0.394 e. The van der Waals surface area contributed by atoms with Crippen LogP contribution in [0.3, 0.4) is 0 Å². The van der Waals surface area contributed by atoms with Gasteiger partial charge in [0.05, 0.1) is 31.0 Å². The third kappa shape index (κ3) is 9.11. The Hall–Kier alpha value is -3.49. The predicted molar refractivity (Wildman–Crippen MR) is 134 cm³/mol. The highest BCUT2D eigenvalue weighted by atomic mass is 32.2. The van der Waals surface area contributed by atoms with E-state index in [4.69, 9.17) is 9.29 Å². The molecule has 0 radical (unpaired) electrons. The van der Waals surface area contributed by atoms with E-state index in [2.05, 4.69) is 10.3 Å². The first-order valence-corrected chi connectivity index (χ1v) is 13.4. The molecule has 2 atom stereocenters. The molecule has 0 aliphatic carbocycles. The molecular weight excluding hydrogens is 547 g/mol. The van der Waals surface area contributed by atoms with Crippen LogP contribution in [0.4, 0.5) is 18.9 Å². The number of methoxy groups -OCH3 is 1. The molecular formula is C24H24F3N3O6S2. The SMILES string of the molecule is COC(=O)C(Cc1ccccc1)C(=O)NC(Cc1ccc(NS(=O)(=O)O)cc1)c1nc(CC(F)(F)F)cs1. The summed E-state index contributed by atoms with van der Waals surface area (Å²) in [6, 6.07) is 13.6. The molecule has 204 valence electrons. The molecule has 1 amide bonds. The fraction of sp³-hybridized carbons (Fsp3) is 0.292. The average molecular weight is 572 g/mol. The number of amides is 1. The number of carbonyl (C=O) groups is 2. The van der Waals surface area contributed by atoms with E-state index in [-0.39, 0.29) is 29.2 Å². The Morgan fingerprint density at radius 1 is 1.05 bits per heavy atom. The van der Waals surface area contributed by atoms with E-state index >= 15 is 0 Å². The molecule has 3 aromatic rings. The summed E-state index contributed by atoms with van der Waals surface area (Å²) < 4.78 is 76.3. The lowest BCUT2D eigenvalue weighted by Gasteiger charge is -2.21. The molecule has 0 bridgehead atoms. The second-order valence-corrected chi connectivity index (χ2v) is 10.3. The third-order valence-corrected chi connectivity index (χ3v) is 6.79. The van der Waals surface area contributed by atoms with E-state index in [1.807, 2.05) is 4.72 Å². The Morgan fingerprint density at radius 3 is 2.26 bits per heavy atom. The van der Waals surface area contributed by atoms with Crippen LogP contribution in [0.5, 0.6) is 0 Å². The van der Waals surface area contributed by atoms with Crippen molar-refractivity contribution in [2.75, 3.05) is 11.8 Å². The van der Waals surface area contributed by atoms with Gasteiger partial charge < -0.3 is 10.1 Å². The molecule has 2 unspecified atom stereocenters. The van der Waals surface area contributed by atoms with Crippen LogP contribution in [0.25, 0.3) is 0 Å². The minimum Gasteiger partial charge on any atom is -0.468 e. The van der Waals surface area contributed by atoms with Crippen molar-refractivity contribution >= 4 is 39.2 Å². The fourth-order valence-electron chi connectivity index (χ4n) is 3.61. The number of carbonyl (C=O) groups excluding carboxylic acids is 2. The number of esters is 1. The number of alkyl halides is 3. The lowest BCUT2D eigenvalue weighted by Crippen LogP contribution is -2.40. The van der Waals surface area contributed by atoms with Crippen LogP contribution in [0.1, 0.15) is 27.9 Å². The van der Waals surface area contributed by atoms with Gasteiger partial charge >= 0.3 is 22.4 Å². The highest BCUT2D eigenvalue weighted by Gasteiger charge is 2.32. The molecule has 0 saturated carbocycles. The lowest BCUT2D eigenvalue weighted by atomic mass is 9.97. The Bertz CT molecular complexity index is 1350. The highest BCUT2D eigenvalue weighted by Crippen LogP contribution is 2.28. The molecule has 0 fully saturated rings. The van der Waals surface area contributed by atoms with Gasteiger partial charge in [0, 0.05) is 5.38 Å². The summed E-state index contributed by atoms with van der Waals surface area (Å²) in [4.78, 5) is 29.8. The molecule has 0 saturated heterocycles. The van der Waals surface area contributed by atoms with Gasteiger partial charge in [0.1, 0.15) is 10.9 Å². The number of hydrogen-bond acceptors (Lipinski definition) is 7. The number of nitrogens with zero attached hydrogens (tertiary/aromatic N) is 1. The van der Waals surface area contributed by atoms with E-state index in [0.717, 1.165) is 18.4 Å². The average Bonchev–Trinajstić information content (AvgIpc) is 3.29. The molecule has 3 rings (SSSR count). The summed E-state index contributed by atoms with van der Waals surface area (Å²) in [7, 11) is -3.33. The summed E-state index contributed by atoms with van der Waals surface area (Å²) in [6.07, 6.45) is -5.60. The van der Waals surface area contributed by atoms with Crippen LogP contribution in [-0.4, -0.2) is 43.1 Å². The third-order valence-electron chi connectivity index (χ3n) is 5.29. The normalized spacial score (nSPS) is 13.4. The maximum atomic E-state index is 13.2. The maximum absolute atomic E-state index is 13.2. The van der Waals surface area contributed by atoms with Crippen molar-refractivity contribution in [3.05, 3.63) is 81.8 Å². The lowest BCUT2D eigenvalue weighted by molar-refractivity contribution is -0.150. The van der Waals surface area contributed by atoms with Crippen LogP contribution in [0, 0.1) is 5.92 Å². The number of halogens is 3. The van der Waals surface area contributed by atoms with Crippen molar-refractivity contribution in [3.8, 4) is 0 Å². The van der Waals surface area contributed by atoms with Gasteiger partial charge in [-0.3, -0.25) is 18.9 Å². The van der Waals surface area contributed by atoms with Gasteiger partial charge in [-0.1, -0.05) is 42.5 Å². The number of aromatic nitrogens is 1. The van der Waals surface area contributed by atoms with E-state index in [1.165, 1.54) is 29.6 Å². The second kappa shape index (κ2) is 12.4. The molecule has 0 aliphatic rings. The number of rotatable bonds is 11. The zero-order valence-corrected chi connectivity index (χ0v) is 21.6. The number of anilines is 1. The topological polar surface area (TPSA) is 135 Å². The molecule has 0 spiro atoms. The Balaban J connectivity index is 1.87. The Labute approximate surface area is 220 Å². The van der Waals surface area contributed by atoms with Gasteiger partial charge in [0.2, 0.25) is 5.91 Å². The van der Waals surface area contributed by atoms with E-state index in [0.29, 0.717) is 11.1 Å². The van der Waals surface area contributed by atoms with Crippen molar-refractivity contribution in [2.45, 2.75) is 31.5 Å². The first-order chi connectivity index (χ1) is 17.8. The van der Waals surface area contributed by atoms with Crippen LogP contribution >= 0.6 is 11.3 Å². The van der Waals surface area contributed by atoms with Crippen LogP contribution in [0.2, 0.25) is 0 Å². The highest BCUT2D eigenvalue weighted by molar-refractivity contribution is 7.87. The molecule has 0 aliphatic heterocycles. The van der Waals surface area contributed by atoms with Gasteiger partial charge in [-0.15, -0.1) is 11.3 Å². The summed E-state index contributed by atoms with van der Waals surface area (Å²) in [5, 5.41) is 4.17. The van der Waals surface area contributed by atoms with Gasteiger partial charge in [-0.2, -0.15) is 21.6 Å². The van der Waals surface area contributed by atoms with Crippen LogP contribution in [-0.2, 0) is 43.9 Å². The summed E-state index contributed by atoms with van der Waals surface area (Å²) in [5.41, 5.74) is 1.14. The van der Waals surface area contributed by atoms with Gasteiger partial charge in [0.25, 0.3) is 0 Å². The number of benzene rings is 2. The first-order valence-electron chi connectivity index (χ1n) is 11.1. The minimum atomic E-state index is -4.48. The standard InChI is InChI=1S/C24H24F3N3O6S2/c1-36-23(32)19(11-15-5-3-2-4-6-15)21(31)29-20(22-28-18(14-37-22)13-24(25,26)27)12-16-7-9-17(10-8-16)30-38(33,34)35/h2-10,14,19-20,30H,11-13H2,1H3,(H,29,31)(H,33,34,35). The number of hydrogen-bond donors (Lipinski definition) is 3. The monoisotopic (exact) mass is 571 g/mol. The maximum Gasteiger partial charge on any atom is 0.394 e. The molecule has 38 heavy (non-hydrogen) atoms. The second-order valence-electron chi connectivity index (χ2n) is 8.27. The number of nitrogens with one attached hydrogen (secondary N) is 2. The van der Waals surface area contributed by atoms with E-state index in [9.17, 15) is 31.2 Å². The van der Waals surface area contributed by atoms with Crippen molar-refractivity contribution in [1.82, 2.24) is 10.3 Å². The molecule has 1 heterocycles. The van der Waals surface area contributed by atoms with Gasteiger partial charge in [0.15, 0.2) is 0 Å². The van der Waals surface area contributed by atoms with E-state index < -0.39 is 46.7 Å². The molecule has 2 aromatic carbocycles. The van der Waals surface area contributed by atoms with Gasteiger partial charge in [-0.05, 0) is 36.1 Å². The zero-order valence-electron chi connectivity index (χ0n) is 19.9. The van der Waals surface area contributed by atoms with Crippen molar-refractivity contribution in [3.63, 3.8) is 0 Å². The minimum absolute atomic E-state index is 0.0409. The molecule has 1 aromatic heterocycles. The van der Waals surface area contributed by atoms with Crippen molar-refractivity contribution in [2.24, 2.45) is 5.92 Å². The van der Waals surface area contributed by atoms with Crippen molar-refractivity contribution in [1.29, 1.82) is 0 Å². The Kier molecular flexibility index (Phi) is 9.46. The quantitative estimate of drug-likeness (QED) is 0.181. The molecule has 14 heteroatoms. The number of ether oxygens (including phenoxy) is 1. The van der Waals surface area contributed by atoms with Gasteiger partial charge in [-0.25, -0.2) is 4.98 Å². The largest absolute Gasteiger partial charge is 0.468 e. The summed E-state index contributed by atoms with van der Waals surface area (Å²) in [5.74, 6) is -2.69. The zero-order chi connectivity index (χ0) is 27.9. The molecule has 3 N–H and O–H groups in total. The predicted octanol–water partition coefficient (Wildman–Crippen LogP) is 3.89. The first kappa shape index (κ1) is 29.1. The summed E-state index contributed by atoms with van der Waals surface area (Å²) >= 11 is 0.934. The van der Waals surface area contributed by atoms with Crippen LogP contribution < -0.4 is 10.0 Å². The van der Waals surface area contributed by atoms with Crippen molar-refractivity contribution < 1.29 is 40.5 Å². The Morgan fingerprint density at radius 2 is 1.68 bits per heavy atom. The fourth-order valence-corrected chi connectivity index (χ4v) is 4.91. The summed E-state index contributed by atoms with van der Waals surface area (Å²) in [6.45, 7) is 0. The van der Waals surface area contributed by atoms with Crippen LogP contribution in [0.15, 0.2) is 60.0 Å². The number of thiazole rings is 1. The van der Waals surface area contributed by atoms with E-state index in [1.54, 1.807) is 30.3 Å².